The molecule has 6 heteroatoms. The Balaban J connectivity index is 1.83. The number of hydrazone groups is 1. The average Bonchev–Trinajstić information content (AvgIpc) is 3.24. The van der Waals surface area contributed by atoms with E-state index in [-0.39, 0.29) is 6.10 Å². The standard InChI is InChI=1S/C19H19N3O3/c20-19(23)22-21-11-12-9-10-16(24-13-5-1-2-6-13)18-17(12)14-7-3-4-8-15(14)25-18/h3-4,7-11,13H,1-2,5-6H2,(H3,20,22,23). The number of furan rings is 1. The van der Waals surface area contributed by atoms with Crippen LogP contribution in [0.15, 0.2) is 45.9 Å². The number of ether oxygens (including phenoxy) is 1. The summed E-state index contributed by atoms with van der Waals surface area (Å²) in [4.78, 5) is 10.8. The minimum absolute atomic E-state index is 0.243. The molecule has 0 bridgehead atoms. The van der Waals surface area contributed by atoms with Crippen molar-refractivity contribution in [2.75, 3.05) is 0 Å². The number of hydrogen-bond donors (Lipinski definition) is 2. The molecule has 6 nitrogen and oxygen atoms in total. The molecular formula is C19H19N3O3. The lowest BCUT2D eigenvalue weighted by Gasteiger charge is -2.13. The lowest BCUT2D eigenvalue weighted by molar-refractivity contribution is 0.210. The predicted molar refractivity (Wildman–Crippen MR) is 96.9 cm³/mol. The van der Waals surface area contributed by atoms with Gasteiger partial charge < -0.3 is 14.9 Å². The van der Waals surface area contributed by atoms with Crippen molar-refractivity contribution in [1.82, 2.24) is 5.43 Å². The van der Waals surface area contributed by atoms with Crippen LogP contribution in [0, 0.1) is 0 Å². The number of hydrogen-bond acceptors (Lipinski definition) is 4. The zero-order valence-corrected chi connectivity index (χ0v) is 13.7. The first-order chi connectivity index (χ1) is 12.2. The van der Waals surface area contributed by atoms with Crippen LogP contribution in [-0.2, 0) is 0 Å². The third-order valence-electron chi connectivity index (χ3n) is 4.50. The number of nitrogens with two attached hydrogens (primary N) is 1. The van der Waals surface area contributed by atoms with Gasteiger partial charge in [-0.1, -0.05) is 18.2 Å². The van der Waals surface area contributed by atoms with Crippen LogP contribution in [0.25, 0.3) is 21.9 Å². The Labute approximate surface area is 144 Å². The normalized spacial score (nSPS) is 15.4. The van der Waals surface area contributed by atoms with E-state index < -0.39 is 6.03 Å². The van der Waals surface area contributed by atoms with Crippen LogP contribution in [-0.4, -0.2) is 18.3 Å². The molecule has 128 valence electrons. The minimum Gasteiger partial charge on any atom is -0.486 e. The highest BCUT2D eigenvalue weighted by Crippen LogP contribution is 2.38. The van der Waals surface area contributed by atoms with E-state index in [1.54, 1.807) is 6.21 Å². The molecule has 0 unspecified atom stereocenters. The SMILES string of the molecule is NC(=O)NN=Cc1ccc(OC2CCCC2)c2oc3ccccc3c12. The maximum Gasteiger partial charge on any atom is 0.332 e. The van der Waals surface area contributed by atoms with Gasteiger partial charge >= 0.3 is 6.03 Å². The molecule has 0 spiro atoms. The molecule has 0 aliphatic heterocycles. The number of carbonyl (C=O) groups is 1. The summed E-state index contributed by atoms with van der Waals surface area (Å²) in [5.74, 6) is 0.748. The van der Waals surface area contributed by atoms with Crippen molar-refractivity contribution in [2.45, 2.75) is 31.8 Å². The predicted octanol–water partition coefficient (Wildman–Crippen LogP) is 3.91. The van der Waals surface area contributed by atoms with Gasteiger partial charge in [0, 0.05) is 16.3 Å². The zero-order valence-electron chi connectivity index (χ0n) is 13.7. The van der Waals surface area contributed by atoms with Crippen molar-refractivity contribution in [3.63, 3.8) is 0 Å². The van der Waals surface area contributed by atoms with Gasteiger partial charge in [0.05, 0.1) is 12.3 Å². The van der Waals surface area contributed by atoms with E-state index in [0.29, 0.717) is 5.58 Å². The molecule has 0 radical (unpaired) electrons. The van der Waals surface area contributed by atoms with E-state index in [1.807, 2.05) is 36.4 Å². The van der Waals surface area contributed by atoms with Gasteiger partial charge in [0.15, 0.2) is 11.3 Å². The summed E-state index contributed by atoms with van der Waals surface area (Å²) in [6.45, 7) is 0. The summed E-state index contributed by atoms with van der Waals surface area (Å²) in [5.41, 5.74) is 9.59. The van der Waals surface area contributed by atoms with Gasteiger partial charge in [-0.25, -0.2) is 10.2 Å². The fourth-order valence-corrected chi connectivity index (χ4v) is 3.38. The number of nitrogens with zero attached hydrogens (tertiary/aromatic N) is 1. The maximum atomic E-state index is 10.8. The third-order valence-corrected chi connectivity index (χ3v) is 4.50. The Bertz CT molecular complexity index is 955. The van der Waals surface area contributed by atoms with E-state index in [1.165, 1.54) is 12.8 Å². The number of urea groups is 1. The summed E-state index contributed by atoms with van der Waals surface area (Å²) < 4.78 is 12.3. The molecule has 0 atom stereocenters. The Hall–Kier alpha value is -3.02. The zero-order chi connectivity index (χ0) is 17.2. The first-order valence-electron chi connectivity index (χ1n) is 8.42. The quantitative estimate of drug-likeness (QED) is 0.558. The number of carbonyl (C=O) groups excluding carboxylic acids is 1. The van der Waals surface area contributed by atoms with Gasteiger partial charge in [0.25, 0.3) is 0 Å². The third kappa shape index (κ3) is 3.03. The van der Waals surface area contributed by atoms with Gasteiger partial charge in [-0.15, -0.1) is 0 Å². The maximum absolute atomic E-state index is 10.8. The molecule has 1 aromatic heterocycles. The molecule has 1 aliphatic carbocycles. The van der Waals surface area contributed by atoms with Crippen LogP contribution in [0.4, 0.5) is 4.79 Å². The molecule has 25 heavy (non-hydrogen) atoms. The van der Waals surface area contributed by atoms with Crippen molar-refractivity contribution in [3.8, 4) is 5.75 Å². The highest BCUT2D eigenvalue weighted by atomic mass is 16.5. The molecule has 0 saturated heterocycles. The van der Waals surface area contributed by atoms with Crippen LogP contribution in [0.2, 0.25) is 0 Å². The van der Waals surface area contributed by atoms with Crippen molar-refractivity contribution < 1.29 is 13.9 Å². The van der Waals surface area contributed by atoms with Gasteiger partial charge in [-0.2, -0.15) is 5.10 Å². The number of amides is 2. The average molecular weight is 337 g/mol. The second kappa shape index (κ2) is 6.47. The number of fused-ring (bicyclic) bond motifs is 3. The van der Waals surface area contributed by atoms with Crippen molar-refractivity contribution >= 4 is 34.2 Å². The number of nitrogens with one attached hydrogen (secondary N) is 1. The Morgan fingerprint density at radius 3 is 2.84 bits per heavy atom. The summed E-state index contributed by atoms with van der Waals surface area (Å²) in [6, 6.07) is 10.9. The molecule has 4 rings (SSSR count). The topological polar surface area (TPSA) is 89.9 Å². The summed E-state index contributed by atoms with van der Waals surface area (Å²) >= 11 is 0. The minimum atomic E-state index is -0.703. The summed E-state index contributed by atoms with van der Waals surface area (Å²) in [5, 5.41) is 5.78. The second-order valence-corrected chi connectivity index (χ2v) is 6.21. The van der Waals surface area contributed by atoms with Crippen molar-refractivity contribution in [3.05, 3.63) is 42.0 Å². The number of rotatable bonds is 4. The fourth-order valence-electron chi connectivity index (χ4n) is 3.38. The van der Waals surface area contributed by atoms with Crippen LogP contribution in [0.5, 0.6) is 5.75 Å². The number of benzene rings is 2. The van der Waals surface area contributed by atoms with Crippen LogP contribution >= 0.6 is 0 Å². The van der Waals surface area contributed by atoms with E-state index in [2.05, 4.69) is 10.5 Å². The highest BCUT2D eigenvalue weighted by molar-refractivity contribution is 6.14. The van der Waals surface area contributed by atoms with Crippen molar-refractivity contribution in [1.29, 1.82) is 0 Å². The second-order valence-electron chi connectivity index (χ2n) is 6.21. The molecular weight excluding hydrogens is 318 g/mol. The fraction of sp³-hybridized carbons (Fsp3) is 0.263. The Kier molecular flexibility index (Phi) is 4.01. The first-order valence-corrected chi connectivity index (χ1v) is 8.42. The summed E-state index contributed by atoms with van der Waals surface area (Å²) in [6.07, 6.45) is 6.37. The lowest BCUT2D eigenvalue weighted by atomic mass is 10.1. The lowest BCUT2D eigenvalue weighted by Crippen LogP contribution is -2.24. The van der Waals surface area contributed by atoms with E-state index in [4.69, 9.17) is 14.9 Å². The molecule has 1 saturated carbocycles. The van der Waals surface area contributed by atoms with Gasteiger partial charge in [0.1, 0.15) is 5.58 Å². The number of para-hydroxylation sites is 1. The number of primary amides is 1. The Morgan fingerprint density at radius 2 is 2.04 bits per heavy atom. The molecule has 2 amide bonds. The van der Waals surface area contributed by atoms with Crippen LogP contribution < -0.4 is 15.9 Å². The molecule has 1 heterocycles. The van der Waals surface area contributed by atoms with Crippen molar-refractivity contribution in [2.24, 2.45) is 10.8 Å². The van der Waals surface area contributed by atoms with E-state index >= 15 is 0 Å². The highest BCUT2D eigenvalue weighted by Gasteiger charge is 2.20. The molecule has 3 aromatic rings. The first kappa shape index (κ1) is 15.5. The van der Waals surface area contributed by atoms with E-state index in [9.17, 15) is 4.79 Å². The van der Waals surface area contributed by atoms with Crippen LogP contribution in [0.3, 0.4) is 0 Å². The molecule has 1 aliphatic rings. The van der Waals surface area contributed by atoms with Gasteiger partial charge in [0.2, 0.25) is 0 Å². The van der Waals surface area contributed by atoms with E-state index in [0.717, 1.165) is 40.5 Å². The molecule has 2 aromatic carbocycles. The largest absolute Gasteiger partial charge is 0.486 e. The van der Waals surface area contributed by atoms with Gasteiger partial charge in [-0.05, 0) is 43.9 Å². The van der Waals surface area contributed by atoms with Gasteiger partial charge in [-0.3, -0.25) is 0 Å². The Morgan fingerprint density at radius 1 is 1.24 bits per heavy atom. The molecule has 1 fully saturated rings. The smallest absolute Gasteiger partial charge is 0.332 e. The monoisotopic (exact) mass is 337 g/mol. The summed E-state index contributed by atoms with van der Waals surface area (Å²) in [7, 11) is 0. The van der Waals surface area contributed by atoms with Crippen LogP contribution in [0.1, 0.15) is 31.2 Å². The molecule has 3 N–H and O–H groups in total.